The van der Waals surface area contributed by atoms with Crippen molar-refractivity contribution in [2.45, 2.75) is 39.8 Å². The van der Waals surface area contributed by atoms with Gasteiger partial charge in [0.1, 0.15) is 0 Å². The van der Waals surface area contributed by atoms with Crippen LogP contribution in [0.2, 0.25) is 0 Å². The van der Waals surface area contributed by atoms with Crippen molar-refractivity contribution in [3.63, 3.8) is 0 Å². The molecule has 27 heavy (non-hydrogen) atoms. The van der Waals surface area contributed by atoms with E-state index in [0.29, 0.717) is 12.1 Å². The second kappa shape index (κ2) is 82.8. The first-order valence-electron chi connectivity index (χ1n) is 5.98. The van der Waals surface area contributed by atoms with E-state index in [1.165, 1.54) is 0 Å². The summed E-state index contributed by atoms with van der Waals surface area (Å²) in [7, 11) is 2.72. The average Bonchev–Trinajstić information content (AvgIpc) is 3.30. The maximum Gasteiger partial charge on any atom is 0 e. The molecule has 1 unspecified atom stereocenters. The van der Waals surface area contributed by atoms with E-state index in [1.807, 2.05) is 32.1 Å². The monoisotopic (exact) mass is 520 g/mol. The maximum atomic E-state index is 7.50. The van der Waals surface area contributed by atoms with Crippen LogP contribution in [0, 0.1) is 72.0 Å². The molecular weight excluding hydrogens is 497 g/mol. The summed E-state index contributed by atoms with van der Waals surface area (Å²) >= 11 is 0. The molecule has 0 aromatic carbocycles. The van der Waals surface area contributed by atoms with Crippen LogP contribution in [0.3, 0.4) is 0 Å². The summed E-state index contributed by atoms with van der Waals surface area (Å²) in [4.78, 5) is 0. The Morgan fingerprint density at radius 3 is 0.704 bits per heavy atom. The summed E-state index contributed by atoms with van der Waals surface area (Å²) < 4.78 is 47.2. The van der Waals surface area contributed by atoms with Gasteiger partial charge >= 0.3 is 67.8 Å². The number of hydrogen-bond donors (Lipinski definition) is 0. The second-order valence-corrected chi connectivity index (χ2v) is 4.19. The molecule has 0 aromatic heterocycles. The Morgan fingerprint density at radius 1 is 0.556 bits per heavy atom. The zero-order valence-corrected chi connectivity index (χ0v) is 19.5. The predicted octanol–water partition coefficient (Wildman–Crippen LogP) is 2.69. The van der Waals surface area contributed by atoms with Gasteiger partial charge in [-0.05, 0) is 59.8 Å². The molecule has 1 aliphatic rings. The molecule has 0 amide bonds. The molecule has 0 N–H and O–H groups in total. The molecule has 0 heterocycles. The standard InChI is InChI=1S/C6H16NP.C5H5.6CO.Fe.Mo/c1-5(2)7(8)6(3)4;1-2-4-5-3-1;6*1-2;;/h5-6H,8H2,1-4H3;1-5H;;;;;;;;. The van der Waals surface area contributed by atoms with Gasteiger partial charge in [0.2, 0.25) is 0 Å². The molecule has 1 aliphatic carbocycles. The molecule has 0 spiro atoms. The Balaban J connectivity index is -0.0000000215. The van der Waals surface area contributed by atoms with Gasteiger partial charge in [0.05, 0.1) is 0 Å². The molecule has 0 saturated heterocycles. The number of rotatable bonds is 2. The maximum absolute atomic E-state index is 7.50. The SMILES string of the molecule is CC(C)N(P)C(C)C.[C-]#[O+].[C-]#[O+].[C-]#[O+].[C-]#[O+].[C-]#[O+].[C-]#[O+].[CH]1[CH][CH][CH][CH]1.[Fe].[Mo]. The third-order valence-electron chi connectivity index (χ3n) is 1.75. The van der Waals surface area contributed by atoms with Crippen molar-refractivity contribution >= 4 is 9.39 Å². The van der Waals surface area contributed by atoms with E-state index in [4.69, 9.17) is 27.9 Å². The van der Waals surface area contributed by atoms with E-state index < -0.39 is 0 Å². The second-order valence-electron chi connectivity index (χ2n) is 3.60. The van der Waals surface area contributed by atoms with Crippen molar-refractivity contribution in [2.24, 2.45) is 0 Å². The molecular formula is C17H21FeMoNO6P. The van der Waals surface area contributed by atoms with Crippen molar-refractivity contribution in [3.05, 3.63) is 72.0 Å². The van der Waals surface area contributed by atoms with Crippen LogP contribution in [0.5, 0.6) is 0 Å². The van der Waals surface area contributed by atoms with Crippen LogP contribution in [0.4, 0.5) is 0 Å². The van der Waals surface area contributed by atoms with Crippen LogP contribution in [-0.2, 0) is 66.0 Å². The van der Waals surface area contributed by atoms with Gasteiger partial charge in [-0.3, -0.25) is 4.67 Å². The van der Waals surface area contributed by atoms with Gasteiger partial charge in [-0.2, -0.15) is 0 Å². The van der Waals surface area contributed by atoms with Crippen LogP contribution < -0.4 is 0 Å². The molecule has 7 nitrogen and oxygen atoms in total. The zero-order valence-electron chi connectivity index (χ0n) is 15.3. The molecule has 1 atom stereocenters. The largest absolute Gasteiger partial charge is 0.0312 e. The fourth-order valence-corrected chi connectivity index (χ4v) is 0.917. The van der Waals surface area contributed by atoms with Crippen LogP contribution in [0.15, 0.2) is 0 Å². The van der Waals surface area contributed by atoms with Crippen molar-refractivity contribution in [1.29, 1.82) is 0 Å². The minimum Gasteiger partial charge on any atom is -0.0312 e. The van der Waals surface area contributed by atoms with Crippen molar-refractivity contribution in [1.82, 2.24) is 4.67 Å². The first-order chi connectivity index (χ1) is 12.1. The average molecular weight is 518 g/mol. The van der Waals surface area contributed by atoms with E-state index in [0.717, 1.165) is 0 Å². The van der Waals surface area contributed by atoms with Gasteiger partial charge in [0.15, 0.2) is 0 Å². The Morgan fingerprint density at radius 2 is 0.667 bits per heavy atom. The summed E-state index contributed by atoms with van der Waals surface area (Å²) in [6.07, 6.45) is 10.0. The smallest absolute Gasteiger partial charge is 0 e. The number of nitrogens with zero attached hydrogens (tertiary/aromatic N) is 1. The van der Waals surface area contributed by atoms with Gasteiger partial charge in [-0.15, -0.1) is 0 Å². The van der Waals surface area contributed by atoms with Crippen LogP contribution in [0.25, 0.3) is 0 Å². The Kier molecular flexibility index (Phi) is 173. The van der Waals surface area contributed by atoms with E-state index in [1.54, 1.807) is 0 Å². The molecule has 149 valence electrons. The third kappa shape index (κ3) is 88.5. The van der Waals surface area contributed by atoms with Crippen LogP contribution in [-0.4, -0.2) is 16.8 Å². The normalized spacial score (nSPS) is 8.44. The van der Waals surface area contributed by atoms with Crippen LogP contribution in [0.1, 0.15) is 27.7 Å². The first kappa shape index (κ1) is 56.3. The van der Waals surface area contributed by atoms with E-state index >= 15 is 0 Å². The fourth-order valence-electron chi connectivity index (χ4n) is 0.917. The molecule has 0 aliphatic heterocycles. The van der Waals surface area contributed by atoms with Crippen LogP contribution >= 0.6 is 9.39 Å². The summed E-state index contributed by atoms with van der Waals surface area (Å²) in [5.74, 6) is 0. The fraction of sp³-hybridized carbons (Fsp3) is 0.353. The summed E-state index contributed by atoms with van der Waals surface area (Å²) in [6, 6.07) is 1.28. The molecule has 1 saturated carbocycles. The number of hydrogen-bond acceptors (Lipinski definition) is 1. The predicted molar refractivity (Wildman–Crippen MR) is 86.9 cm³/mol. The quantitative estimate of drug-likeness (QED) is 0.237. The Labute approximate surface area is 191 Å². The van der Waals surface area contributed by atoms with Crippen molar-refractivity contribution in [3.8, 4) is 0 Å². The topological polar surface area (TPSA) is 123 Å². The van der Waals surface area contributed by atoms with Gasteiger partial charge in [0, 0.05) is 50.2 Å². The van der Waals surface area contributed by atoms with E-state index in [9.17, 15) is 0 Å². The molecule has 0 aromatic rings. The first-order valence-corrected chi connectivity index (χ1v) is 6.49. The van der Waals surface area contributed by atoms with Gasteiger partial charge in [-0.25, -0.2) is 0 Å². The summed E-state index contributed by atoms with van der Waals surface area (Å²) in [6.45, 7) is 35.8. The van der Waals surface area contributed by atoms with Gasteiger partial charge in [0.25, 0.3) is 0 Å². The van der Waals surface area contributed by atoms with Crippen molar-refractivity contribution in [2.75, 3.05) is 0 Å². The zero-order chi connectivity index (χ0) is 22.3. The Hall–Kier alpha value is 0.0378. The van der Waals surface area contributed by atoms with E-state index in [2.05, 4.69) is 81.7 Å². The minimum absolute atomic E-state index is 0. The van der Waals surface area contributed by atoms with Gasteiger partial charge in [-0.1, -0.05) is 9.39 Å². The van der Waals surface area contributed by atoms with Crippen molar-refractivity contribution < 1.29 is 66.0 Å². The molecule has 1 fully saturated rings. The van der Waals surface area contributed by atoms with Gasteiger partial charge < -0.3 is 0 Å². The molecule has 0 bridgehead atoms. The summed E-state index contributed by atoms with van der Waals surface area (Å²) in [5, 5.41) is 0. The van der Waals surface area contributed by atoms with E-state index in [-0.39, 0.29) is 38.1 Å². The molecule has 1 rings (SSSR count). The third-order valence-corrected chi connectivity index (χ3v) is 2.94. The summed E-state index contributed by atoms with van der Waals surface area (Å²) in [5.41, 5.74) is 0. The molecule has 5 radical (unpaired) electrons. The Bertz CT molecular complexity index is 265. The minimum atomic E-state index is 0. The molecule has 10 heteroatoms.